The second kappa shape index (κ2) is 15.2. The number of ether oxygens (including phenoxy) is 2. The van der Waals surface area contributed by atoms with Gasteiger partial charge in [0.05, 0.1) is 42.7 Å². The van der Waals surface area contributed by atoms with E-state index in [-0.39, 0.29) is 17.3 Å². The fourth-order valence-electron chi connectivity index (χ4n) is 5.72. The van der Waals surface area contributed by atoms with Gasteiger partial charge in [0.25, 0.3) is 5.91 Å². The number of nitrogens with zero attached hydrogens (tertiary/aromatic N) is 3. The smallest absolute Gasteiger partial charge is 0.416 e. The zero-order valence-electron chi connectivity index (χ0n) is 26.6. The first-order valence-corrected chi connectivity index (χ1v) is 15.5. The monoisotopic (exact) mass is 694 g/mol. The van der Waals surface area contributed by atoms with E-state index in [4.69, 9.17) is 9.47 Å². The van der Waals surface area contributed by atoms with Crippen molar-refractivity contribution in [3.05, 3.63) is 77.4 Å². The van der Waals surface area contributed by atoms with Crippen molar-refractivity contribution in [2.45, 2.75) is 12.4 Å². The maximum absolute atomic E-state index is 13.6. The molecule has 0 aromatic heterocycles. The van der Waals surface area contributed by atoms with E-state index in [2.05, 4.69) is 20.4 Å². The fourth-order valence-corrected chi connectivity index (χ4v) is 5.72. The topological polar surface area (TPSA) is 98.4 Å². The van der Waals surface area contributed by atoms with Crippen LogP contribution in [0.3, 0.4) is 0 Å². The summed E-state index contributed by atoms with van der Waals surface area (Å²) in [6.07, 6.45) is -10.2. The maximum atomic E-state index is 13.6. The van der Waals surface area contributed by atoms with Gasteiger partial charge in [-0.2, -0.15) is 26.3 Å². The second-order valence-corrected chi connectivity index (χ2v) is 11.5. The molecule has 0 bridgehead atoms. The summed E-state index contributed by atoms with van der Waals surface area (Å²) in [5.41, 5.74) is -1.95. The van der Waals surface area contributed by atoms with Gasteiger partial charge in [-0.25, -0.2) is 4.79 Å². The number of para-hydroxylation sites is 2. The first-order valence-electron chi connectivity index (χ1n) is 15.5. The molecule has 2 heterocycles. The molecule has 5 rings (SSSR count). The van der Waals surface area contributed by atoms with Crippen LogP contribution in [-0.4, -0.2) is 89.5 Å². The number of amides is 3. The molecule has 3 aromatic rings. The molecular formula is C33H36F6N6O4. The van der Waals surface area contributed by atoms with Gasteiger partial charge < -0.3 is 35.2 Å². The van der Waals surface area contributed by atoms with E-state index in [9.17, 15) is 35.9 Å². The van der Waals surface area contributed by atoms with Gasteiger partial charge in [-0.15, -0.1) is 0 Å². The Kier molecular flexibility index (Phi) is 11.1. The standard InChI is InChI=1S/C33H36F6N6O4/c1-48-29-5-3-2-4-28(29)45-12-10-44(11-13-45)27-7-6-24(21-26(27)30(46)40-8-9-43-14-16-49-17-15-43)41-31(47)42-25-19-22(32(34,35)36)18-23(20-25)33(37,38)39/h2-7,18-21H,8-17H2,1H3,(H,40,46)(H2,41,42,47). The van der Waals surface area contributed by atoms with Gasteiger partial charge in [-0.3, -0.25) is 9.69 Å². The van der Waals surface area contributed by atoms with Gasteiger partial charge in [0, 0.05) is 69.4 Å². The Hall–Kier alpha value is -4.70. The summed E-state index contributed by atoms with van der Waals surface area (Å²) in [6, 6.07) is 12.0. The van der Waals surface area contributed by atoms with Crippen LogP contribution in [0.4, 0.5) is 53.9 Å². The second-order valence-electron chi connectivity index (χ2n) is 11.5. The summed E-state index contributed by atoms with van der Waals surface area (Å²) >= 11 is 0. The highest BCUT2D eigenvalue weighted by atomic mass is 19.4. The number of nitrogens with one attached hydrogen (secondary N) is 3. The summed E-state index contributed by atoms with van der Waals surface area (Å²) in [5, 5.41) is 7.40. The number of hydrogen-bond acceptors (Lipinski definition) is 7. The molecule has 0 atom stereocenters. The molecule has 0 spiro atoms. The summed E-state index contributed by atoms with van der Waals surface area (Å²) in [6.45, 7) is 5.97. The Morgan fingerprint density at radius 2 is 1.35 bits per heavy atom. The number of morpholine rings is 1. The molecule has 2 aliphatic rings. The Morgan fingerprint density at radius 3 is 1.96 bits per heavy atom. The van der Waals surface area contributed by atoms with Crippen LogP contribution >= 0.6 is 0 Å². The predicted octanol–water partition coefficient (Wildman–Crippen LogP) is 5.77. The average molecular weight is 695 g/mol. The highest BCUT2D eigenvalue weighted by Gasteiger charge is 2.37. The van der Waals surface area contributed by atoms with E-state index in [0.717, 1.165) is 24.5 Å². The zero-order chi connectivity index (χ0) is 35.2. The number of halogens is 6. The third-order valence-corrected chi connectivity index (χ3v) is 8.21. The molecule has 16 heteroatoms. The molecule has 0 unspecified atom stereocenters. The summed E-state index contributed by atoms with van der Waals surface area (Å²) < 4.78 is 90.8. The van der Waals surface area contributed by atoms with E-state index in [0.29, 0.717) is 70.3 Å². The van der Waals surface area contributed by atoms with Gasteiger partial charge in [0.15, 0.2) is 0 Å². The lowest BCUT2D eigenvalue weighted by molar-refractivity contribution is -0.143. The number of alkyl halides is 6. The van der Waals surface area contributed by atoms with Crippen molar-refractivity contribution in [3.63, 3.8) is 0 Å². The normalized spacial score (nSPS) is 15.9. The number of carbonyl (C=O) groups excluding carboxylic acids is 2. The molecule has 2 aliphatic heterocycles. The molecule has 2 fully saturated rings. The molecule has 0 saturated carbocycles. The van der Waals surface area contributed by atoms with Crippen molar-refractivity contribution >= 4 is 34.7 Å². The zero-order valence-corrected chi connectivity index (χ0v) is 26.6. The molecule has 3 amide bonds. The van der Waals surface area contributed by atoms with Crippen molar-refractivity contribution in [2.24, 2.45) is 0 Å². The lowest BCUT2D eigenvalue weighted by Crippen LogP contribution is -2.47. The third kappa shape index (κ3) is 9.26. The highest BCUT2D eigenvalue weighted by Crippen LogP contribution is 2.38. The van der Waals surface area contributed by atoms with Crippen molar-refractivity contribution in [2.75, 3.05) is 93.1 Å². The average Bonchev–Trinajstić information content (AvgIpc) is 3.08. The molecule has 0 aliphatic carbocycles. The minimum absolute atomic E-state index is 0.0259. The molecule has 0 radical (unpaired) electrons. The number of rotatable bonds is 9. The first kappa shape index (κ1) is 35.6. The van der Waals surface area contributed by atoms with Crippen LogP contribution < -0.4 is 30.5 Å². The molecular weight excluding hydrogens is 658 g/mol. The number of hydrogen-bond donors (Lipinski definition) is 3. The van der Waals surface area contributed by atoms with Crippen LogP contribution in [0.5, 0.6) is 5.75 Å². The van der Waals surface area contributed by atoms with Gasteiger partial charge in [0.1, 0.15) is 5.75 Å². The van der Waals surface area contributed by atoms with E-state index >= 15 is 0 Å². The first-order chi connectivity index (χ1) is 23.3. The van der Waals surface area contributed by atoms with Crippen LogP contribution in [0.25, 0.3) is 0 Å². The molecule has 49 heavy (non-hydrogen) atoms. The molecule has 10 nitrogen and oxygen atoms in total. The van der Waals surface area contributed by atoms with E-state index in [1.54, 1.807) is 13.2 Å². The van der Waals surface area contributed by atoms with Gasteiger partial charge in [-0.1, -0.05) is 12.1 Å². The number of carbonyl (C=O) groups is 2. The quantitative estimate of drug-likeness (QED) is 0.245. The molecule has 2 saturated heterocycles. The van der Waals surface area contributed by atoms with E-state index < -0.39 is 41.1 Å². The highest BCUT2D eigenvalue weighted by molar-refractivity contribution is 6.04. The SMILES string of the molecule is COc1ccccc1N1CCN(c2ccc(NC(=O)Nc3cc(C(F)(F)F)cc(C(F)(F)F)c3)cc2C(=O)NCCN2CCOCC2)CC1. The van der Waals surface area contributed by atoms with Crippen LogP contribution in [0.2, 0.25) is 0 Å². The summed E-state index contributed by atoms with van der Waals surface area (Å²) in [5.74, 6) is 0.330. The van der Waals surface area contributed by atoms with Gasteiger partial charge in [0.2, 0.25) is 0 Å². The maximum Gasteiger partial charge on any atom is 0.416 e. The van der Waals surface area contributed by atoms with Crippen LogP contribution in [-0.2, 0) is 17.1 Å². The number of methoxy groups -OCH3 is 1. The number of benzene rings is 3. The predicted molar refractivity (Wildman–Crippen MR) is 173 cm³/mol. The Labute approximate surface area is 278 Å². The van der Waals surface area contributed by atoms with Crippen LogP contribution in [0, 0.1) is 0 Å². The largest absolute Gasteiger partial charge is 0.495 e. The minimum atomic E-state index is -5.08. The van der Waals surface area contributed by atoms with Crippen molar-refractivity contribution in [3.8, 4) is 5.75 Å². The lowest BCUT2D eigenvalue weighted by Gasteiger charge is -2.38. The lowest BCUT2D eigenvalue weighted by atomic mass is 10.1. The Bertz CT molecular complexity index is 1590. The minimum Gasteiger partial charge on any atom is -0.495 e. The molecule has 3 N–H and O–H groups in total. The van der Waals surface area contributed by atoms with Gasteiger partial charge >= 0.3 is 18.4 Å². The van der Waals surface area contributed by atoms with Crippen LogP contribution in [0.1, 0.15) is 21.5 Å². The van der Waals surface area contributed by atoms with E-state index in [1.165, 1.54) is 12.1 Å². The third-order valence-electron chi connectivity index (χ3n) is 8.21. The molecule has 264 valence electrons. The van der Waals surface area contributed by atoms with Crippen LogP contribution in [0.15, 0.2) is 60.7 Å². The summed E-state index contributed by atoms with van der Waals surface area (Å²) in [4.78, 5) is 32.7. The Morgan fingerprint density at radius 1 is 0.755 bits per heavy atom. The number of urea groups is 1. The van der Waals surface area contributed by atoms with Crippen molar-refractivity contribution < 1.29 is 45.4 Å². The number of anilines is 4. The van der Waals surface area contributed by atoms with E-state index in [1.807, 2.05) is 34.5 Å². The van der Waals surface area contributed by atoms with Crippen molar-refractivity contribution in [1.82, 2.24) is 10.2 Å². The summed E-state index contributed by atoms with van der Waals surface area (Å²) in [7, 11) is 1.61. The fraction of sp³-hybridized carbons (Fsp3) is 0.394. The Balaban J connectivity index is 1.33. The van der Waals surface area contributed by atoms with Gasteiger partial charge in [-0.05, 0) is 48.5 Å². The van der Waals surface area contributed by atoms with Crippen molar-refractivity contribution in [1.29, 1.82) is 0 Å². The number of piperazine rings is 1. The molecule has 3 aromatic carbocycles.